The Hall–Kier alpha value is -1.49. The number of rotatable bonds is 7. The quantitative estimate of drug-likeness (QED) is 0.788. The van der Waals surface area contributed by atoms with Gasteiger partial charge >= 0.3 is 5.97 Å². The van der Waals surface area contributed by atoms with Gasteiger partial charge in [-0.15, -0.1) is 0 Å². The zero-order valence-corrected chi connectivity index (χ0v) is 10.2. The van der Waals surface area contributed by atoms with Gasteiger partial charge in [-0.2, -0.15) is 0 Å². The molecular weight excluding hydrogens is 240 g/mol. The van der Waals surface area contributed by atoms with Crippen LogP contribution >= 0.6 is 0 Å². The molecule has 5 heteroatoms. The van der Waals surface area contributed by atoms with E-state index in [1.54, 1.807) is 0 Å². The van der Waals surface area contributed by atoms with Crippen molar-refractivity contribution in [3.8, 4) is 0 Å². The van der Waals surface area contributed by atoms with Crippen LogP contribution in [-0.4, -0.2) is 23.7 Å². The van der Waals surface area contributed by atoms with Gasteiger partial charge in [0.05, 0.1) is 0 Å². The minimum absolute atomic E-state index is 0.253. The second-order valence-electron chi connectivity index (χ2n) is 4.10. The molecule has 0 aromatic heterocycles. The molecule has 0 saturated heterocycles. The fourth-order valence-electron chi connectivity index (χ4n) is 1.72. The number of aliphatic carboxylic acids is 1. The normalized spacial score (nSPS) is 12.4. The Morgan fingerprint density at radius 1 is 1.44 bits per heavy atom. The van der Waals surface area contributed by atoms with Gasteiger partial charge in [-0.1, -0.05) is 25.5 Å². The zero-order valence-electron chi connectivity index (χ0n) is 10.2. The smallest absolute Gasteiger partial charge is 0.320 e. The molecule has 0 amide bonds. The lowest BCUT2D eigenvalue weighted by atomic mass is 10.1. The van der Waals surface area contributed by atoms with Crippen molar-refractivity contribution >= 4 is 5.97 Å². The number of carbonyl (C=O) groups is 1. The molecule has 0 fully saturated rings. The van der Waals surface area contributed by atoms with Gasteiger partial charge in [0.1, 0.15) is 6.04 Å². The highest BCUT2D eigenvalue weighted by Crippen LogP contribution is 2.11. The van der Waals surface area contributed by atoms with Crippen molar-refractivity contribution in [1.82, 2.24) is 5.32 Å². The molecule has 100 valence electrons. The maximum Gasteiger partial charge on any atom is 0.320 e. The standard InChI is InChI=1S/C13H17F2NO2/c1-2-4-11(13(17)18)16-8-7-9-5-3-6-10(14)12(9)15/h3,5-6,11,16H,2,4,7-8H2,1H3,(H,17,18). The Balaban J connectivity index is 2.50. The first-order valence-corrected chi connectivity index (χ1v) is 5.95. The number of carboxylic acids is 1. The number of carboxylic acid groups (broad SMARTS) is 1. The Kier molecular flexibility index (Phi) is 5.71. The monoisotopic (exact) mass is 257 g/mol. The van der Waals surface area contributed by atoms with Gasteiger partial charge in [0.25, 0.3) is 0 Å². The molecule has 0 radical (unpaired) electrons. The van der Waals surface area contributed by atoms with Gasteiger partial charge < -0.3 is 10.4 Å². The van der Waals surface area contributed by atoms with Gasteiger partial charge in [-0.05, 0) is 24.5 Å². The molecule has 0 spiro atoms. The minimum atomic E-state index is -0.920. The first-order valence-electron chi connectivity index (χ1n) is 5.95. The van der Waals surface area contributed by atoms with Crippen molar-refractivity contribution in [2.24, 2.45) is 0 Å². The predicted molar refractivity (Wildman–Crippen MR) is 64.4 cm³/mol. The van der Waals surface area contributed by atoms with Crippen molar-refractivity contribution in [3.05, 3.63) is 35.4 Å². The average Bonchev–Trinajstić information content (AvgIpc) is 2.33. The molecule has 1 aromatic carbocycles. The fraction of sp³-hybridized carbons (Fsp3) is 0.462. The molecule has 1 atom stereocenters. The molecule has 0 bridgehead atoms. The number of hydrogen-bond donors (Lipinski definition) is 2. The molecule has 0 heterocycles. The van der Waals surface area contributed by atoms with Gasteiger partial charge in [0.15, 0.2) is 11.6 Å². The summed E-state index contributed by atoms with van der Waals surface area (Å²) in [4.78, 5) is 10.9. The van der Waals surface area contributed by atoms with Gasteiger partial charge in [-0.25, -0.2) is 8.78 Å². The van der Waals surface area contributed by atoms with Crippen LogP contribution in [0.3, 0.4) is 0 Å². The third-order valence-corrected chi connectivity index (χ3v) is 2.69. The number of benzene rings is 1. The lowest BCUT2D eigenvalue weighted by molar-refractivity contribution is -0.139. The van der Waals surface area contributed by atoms with Crippen molar-refractivity contribution in [2.75, 3.05) is 6.54 Å². The molecule has 2 N–H and O–H groups in total. The predicted octanol–water partition coefficient (Wildman–Crippen LogP) is 2.35. The van der Waals surface area contributed by atoms with E-state index in [-0.39, 0.29) is 12.0 Å². The summed E-state index contributed by atoms with van der Waals surface area (Å²) < 4.78 is 26.2. The van der Waals surface area contributed by atoms with E-state index in [4.69, 9.17) is 5.11 Å². The largest absolute Gasteiger partial charge is 0.480 e. The summed E-state index contributed by atoms with van der Waals surface area (Å²) in [5.74, 6) is -2.66. The molecule has 3 nitrogen and oxygen atoms in total. The van der Waals surface area contributed by atoms with E-state index in [0.29, 0.717) is 13.0 Å². The Labute approximate surface area is 105 Å². The zero-order chi connectivity index (χ0) is 13.5. The van der Waals surface area contributed by atoms with Gasteiger partial charge in [0, 0.05) is 6.54 Å². The van der Waals surface area contributed by atoms with Crippen molar-refractivity contribution in [1.29, 1.82) is 0 Å². The van der Waals surface area contributed by atoms with Crippen LogP contribution in [0, 0.1) is 11.6 Å². The lowest BCUT2D eigenvalue weighted by Crippen LogP contribution is -2.37. The third kappa shape index (κ3) is 4.07. The topological polar surface area (TPSA) is 49.3 Å². The molecule has 18 heavy (non-hydrogen) atoms. The van der Waals surface area contributed by atoms with Crippen LogP contribution in [0.1, 0.15) is 25.3 Å². The molecule has 0 aliphatic carbocycles. The number of hydrogen-bond acceptors (Lipinski definition) is 2. The summed E-state index contributed by atoms with van der Waals surface area (Å²) in [5.41, 5.74) is 0.253. The van der Waals surface area contributed by atoms with E-state index in [1.807, 2.05) is 6.92 Å². The second kappa shape index (κ2) is 7.06. The summed E-state index contributed by atoms with van der Waals surface area (Å²) in [5, 5.41) is 11.7. The summed E-state index contributed by atoms with van der Waals surface area (Å²) in [6.07, 6.45) is 1.52. The van der Waals surface area contributed by atoms with E-state index in [2.05, 4.69) is 5.32 Å². The molecule has 0 aliphatic heterocycles. The summed E-state index contributed by atoms with van der Waals surface area (Å²) in [6.45, 7) is 2.20. The van der Waals surface area contributed by atoms with E-state index in [9.17, 15) is 13.6 Å². The molecule has 1 aromatic rings. The maximum absolute atomic E-state index is 13.3. The maximum atomic E-state index is 13.3. The second-order valence-corrected chi connectivity index (χ2v) is 4.10. The van der Waals surface area contributed by atoms with E-state index < -0.39 is 23.6 Å². The van der Waals surface area contributed by atoms with E-state index in [0.717, 1.165) is 12.5 Å². The Morgan fingerprint density at radius 2 is 2.17 bits per heavy atom. The summed E-state index contributed by atoms with van der Waals surface area (Å²) >= 11 is 0. The highest BCUT2D eigenvalue weighted by atomic mass is 19.2. The Morgan fingerprint density at radius 3 is 2.78 bits per heavy atom. The molecule has 0 aliphatic rings. The SMILES string of the molecule is CCCC(NCCc1cccc(F)c1F)C(=O)O. The number of halogens is 2. The van der Waals surface area contributed by atoms with Crippen LogP contribution in [0.25, 0.3) is 0 Å². The van der Waals surface area contributed by atoms with Gasteiger partial charge in [-0.3, -0.25) is 4.79 Å². The first-order chi connectivity index (χ1) is 8.56. The van der Waals surface area contributed by atoms with Crippen LogP contribution in [0.2, 0.25) is 0 Å². The summed E-state index contributed by atoms with van der Waals surface area (Å²) in [7, 11) is 0. The molecular formula is C13H17F2NO2. The Bertz CT molecular complexity index is 410. The van der Waals surface area contributed by atoms with Crippen LogP contribution in [-0.2, 0) is 11.2 Å². The van der Waals surface area contributed by atoms with Crippen LogP contribution in [0.15, 0.2) is 18.2 Å². The van der Waals surface area contributed by atoms with Crippen LogP contribution in [0.5, 0.6) is 0 Å². The third-order valence-electron chi connectivity index (χ3n) is 2.69. The minimum Gasteiger partial charge on any atom is -0.480 e. The van der Waals surface area contributed by atoms with Crippen LogP contribution in [0.4, 0.5) is 8.78 Å². The fourth-order valence-corrected chi connectivity index (χ4v) is 1.72. The van der Waals surface area contributed by atoms with Crippen molar-refractivity contribution in [2.45, 2.75) is 32.2 Å². The molecule has 1 rings (SSSR count). The highest BCUT2D eigenvalue weighted by Gasteiger charge is 2.15. The van der Waals surface area contributed by atoms with Crippen molar-refractivity contribution in [3.63, 3.8) is 0 Å². The summed E-state index contributed by atoms with van der Waals surface area (Å²) in [6, 6.07) is 3.36. The van der Waals surface area contributed by atoms with Crippen molar-refractivity contribution < 1.29 is 18.7 Å². The highest BCUT2D eigenvalue weighted by molar-refractivity contribution is 5.73. The van der Waals surface area contributed by atoms with E-state index in [1.165, 1.54) is 12.1 Å². The van der Waals surface area contributed by atoms with Gasteiger partial charge in [0.2, 0.25) is 0 Å². The van der Waals surface area contributed by atoms with Crippen LogP contribution < -0.4 is 5.32 Å². The molecule has 0 saturated carbocycles. The first kappa shape index (κ1) is 14.6. The number of nitrogens with one attached hydrogen (secondary N) is 1. The molecule has 1 unspecified atom stereocenters. The van der Waals surface area contributed by atoms with E-state index >= 15 is 0 Å². The average molecular weight is 257 g/mol. The lowest BCUT2D eigenvalue weighted by Gasteiger charge is -2.13.